The molecule has 1 aliphatic heterocycles. The number of morpholine rings is 1. The lowest BCUT2D eigenvalue weighted by Gasteiger charge is -2.29. The number of hydrogen-bond donors (Lipinski definition) is 1. The fourth-order valence-corrected chi connectivity index (χ4v) is 4.53. The van der Waals surface area contributed by atoms with Gasteiger partial charge in [0.15, 0.2) is 0 Å². The van der Waals surface area contributed by atoms with Gasteiger partial charge in [-0.1, -0.05) is 29.3 Å². The van der Waals surface area contributed by atoms with Gasteiger partial charge in [-0.3, -0.25) is 14.9 Å². The van der Waals surface area contributed by atoms with Crippen LogP contribution in [0.1, 0.15) is 11.1 Å². The zero-order valence-electron chi connectivity index (χ0n) is 16.4. The Morgan fingerprint density at radius 1 is 1.26 bits per heavy atom. The van der Waals surface area contributed by atoms with Crippen molar-refractivity contribution in [2.24, 2.45) is 5.10 Å². The first-order valence-electron chi connectivity index (χ1n) is 9.39. The molecule has 0 radical (unpaired) electrons. The molecule has 0 saturated carbocycles. The summed E-state index contributed by atoms with van der Waals surface area (Å²) in [4.78, 5) is 24.9. The Morgan fingerprint density at radius 2 is 1.97 bits per heavy atom. The summed E-state index contributed by atoms with van der Waals surface area (Å²) >= 11 is 13.6. The molecule has 2 aromatic carbocycles. The molecule has 0 aliphatic carbocycles. The Balaban J connectivity index is 1.60. The van der Waals surface area contributed by atoms with Crippen LogP contribution in [0, 0.1) is 10.1 Å². The van der Waals surface area contributed by atoms with Crippen LogP contribution in [0.4, 0.5) is 11.4 Å². The second-order valence-corrected chi connectivity index (χ2v) is 8.39. The number of nitrogens with zero attached hydrogens (tertiary/aromatic N) is 3. The first kappa shape index (κ1) is 23.3. The lowest BCUT2D eigenvalue weighted by molar-refractivity contribution is -0.384. The minimum Gasteiger partial charge on any atom is -0.378 e. The van der Waals surface area contributed by atoms with Crippen molar-refractivity contribution in [3.63, 3.8) is 0 Å². The lowest BCUT2D eigenvalue weighted by Crippen LogP contribution is -2.36. The molecule has 31 heavy (non-hydrogen) atoms. The van der Waals surface area contributed by atoms with E-state index in [4.69, 9.17) is 27.9 Å². The van der Waals surface area contributed by atoms with Gasteiger partial charge in [-0.05, 0) is 23.8 Å². The summed E-state index contributed by atoms with van der Waals surface area (Å²) in [5, 5.41) is 16.2. The summed E-state index contributed by atoms with van der Waals surface area (Å²) in [5.41, 5.74) is 4.54. The van der Waals surface area contributed by atoms with Gasteiger partial charge in [-0.25, -0.2) is 5.43 Å². The number of anilines is 1. The highest BCUT2D eigenvalue weighted by molar-refractivity contribution is 7.99. The summed E-state index contributed by atoms with van der Waals surface area (Å²) in [7, 11) is 0. The average molecular weight is 483 g/mol. The van der Waals surface area contributed by atoms with Crippen LogP contribution in [0.15, 0.2) is 41.5 Å². The average Bonchev–Trinajstić information content (AvgIpc) is 2.76. The van der Waals surface area contributed by atoms with Crippen molar-refractivity contribution in [3.8, 4) is 0 Å². The number of ether oxygens (including phenoxy) is 1. The zero-order chi connectivity index (χ0) is 22.2. The van der Waals surface area contributed by atoms with E-state index in [1.807, 2.05) is 0 Å². The maximum Gasteiger partial charge on any atom is 0.270 e. The topological polar surface area (TPSA) is 97.1 Å². The van der Waals surface area contributed by atoms with Crippen molar-refractivity contribution in [2.45, 2.75) is 5.75 Å². The molecule has 8 nitrogen and oxygen atoms in total. The van der Waals surface area contributed by atoms with Gasteiger partial charge in [-0.15, -0.1) is 11.8 Å². The molecule has 1 N–H and O–H groups in total. The third kappa shape index (κ3) is 6.57. The maximum absolute atomic E-state index is 12.1. The van der Waals surface area contributed by atoms with Crippen molar-refractivity contribution in [1.29, 1.82) is 0 Å². The SMILES string of the molecule is O=C(CSCc1c(Cl)cccc1Cl)N/N=C\c1cc([N+](=O)[O-])ccc1N1CCOCC1. The fraction of sp³-hybridized carbons (Fsp3) is 0.300. The molecule has 0 bridgehead atoms. The normalized spacial score (nSPS) is 14.1. The van der Waals surface area contributed by atoms with E-state index in [9.17, 15) is 14.9 Å². The van der Waals surface area contributed by atoms with E-state index in [1.165, 1.54) is 30.1 Å². The first-order valence-corrected chi connectivity index (χ1v) is 11.3. The molecular weight excluding hydrogens is 463 g/mol. The molecule has 11 heteroatoms. The third-order valence-corrected chi connectivity index (χ3v) is 6.18. The number of hydrazone groups is 1. The van der Waals surface area contributed by atoms with Gasteiger partial charge < -0.3 is 9.64 Å². The largest absolute Gasteiger partial charge is 0.378 e. The third-order valence-electron chi connectivity index (χ3n) is 4.51. The van der Waals surface area contributed by atoms with E-state index >= 15 is 0 Å². The quantitative estimate of drug-likeness (QED) is 0.345. The second-order valence-electron chi connectivity index (χ2n) is 6.59. The minimum absolute atomic E-state index is 0.0445. The van der Waals surface area contributed by atoms with Crippen LogP contribution in [-0.2, 0) is 15.3 Å². The van der Waals surface area contributed by atoms with Crippen LogP contribution in [-0.4, -0.2) is 49.1 Å². The van der Waals surface area contributed by atoms with E-state index in [-0.39, 0.29) is 17.3 Å². The number of halogens is 2. The number of amides is 1. The number of nitro benzene ring substituents is 1. The number of nitro groups is 1. The van der Waals surface area contributed by atoms with Crippen LogP contribution in [0.3, 0.4) is 0 Å². The van der Waals surface area contributed by atoms with Crippen LogP contribution in [0.5, 0.6) is 0 Å². The number of non-ortho nitro benzene ring substituents is 1. The van der Waals surface area contributed by atoms with Crippen LogP contribution in [0.2, 0.25) is 10.0 Å². The van der Waals surface area contributed by atoms with Crippen molar-refractivity contribution in [1.82, 2.24) is 5.43 Å². The Hall–Kier alpha value is -2.33. The first-order chi connectivity index (χ1) is 15.0. The smallest absolute Gasteiger partial charge is 0.270 e. The van der Waals surface area contributed by atoms with E-state index < -0.39 is 4.92 Å². The van der Waals surface area contributed by atoms with Gasteiger partial charge in [0, 0.05) is 52.3 Å². The van der Waals surface area contributed by atoms with Crippen molar-refractivity contribution < 1.29 is 14.5 Å². The number of benzene rings is 2. The van der Waals surface area contributed by atoms with Crippen LogP contribution < -0.4 is 10.3 Å². The predicted molar refractivity (Wildman–Crippen MR) is 124 cm³/mol. The second kappa shape index (κ2) is 11.3. The van der Waals surface area contributed by atoms with Gasteiger partial charge in [0.2, 0.25) is 5.91 Å². The molecule has 3 rings (SSSR count). The van der Waals surface area contributed by atoms with Crippen LogP contribution in [0.25, 0.3) is 0 Å². The molecule has 0 atom stereocenters. The Kier molecular flexibility index (Phi) is 8.53. The van der Waals surface area contributed by atoms with Crippen molar-refractivity contribution >= 4 is 58.5 Å². The molecular formula is C20H20Cl2N4O4S. The number of thioether (sulfide) groups is 1. The molecule has 1 fully saturated rings. The zero-order valence-corrected chi connectivity index (χ0v) is 18.8. The number of hydrogen-bond acceptors (Lipinski definition) is 7. The molecule has 164 valence electrons. The molecule has 1 saturated heterocycles. The Morgan fingerprint density at radius 3 is 2.65 bits per heavy atom. The Labute approximate surface area is 193 Å². The highest BCUT2D eigenvalue weighted by atomic mass is 35.5. The van der Waals surface area contributed by atoms with Crippen LogP contribution >= 0.6 is 35.0 Å². The summed E-state index contributed by atoms with van der Waals surface area (Å²) in [6.45, 7) is 2.51. The molecule has 2 aromatic rings. The fourth-order valence-electron chi connectivity index (χ4n) is 2.97. The number of carbonyl (C=O) groups excluding carboxylic acids is 1. The monoisotopic (exact) mass is 482 g/mol. The highest BCUT2D eigenvalue weighted by Crippen LogP contribution is 2.28. The van der Waals surface area contributed by atoms with E-state index in [1.54, 1.807) is 24.3 Å². The van der Waals surface area contributed by atoms with Gasteiger partial charge in [0.1, 0.15) is 0 Å². The summed E-state index contributed by atoms with van der Waals surface area (Å²) in [6, 6.07) is 9.85. The highest BCUT2D eigenvalue weighted by Gasteiger charge is 2.17. The molecule has 1 amide bonds. The molecule has 0 aromatic heterocycles. The van der Waals surface area contributed by atoms with Gasteiger partial charge in [0.05, 0.1) is 30.1 Å². The number of rotatable bonds is 8. The molecule has 1 heterocycles. The van der Waals surface area contributed by atoms with E-state index in [0.717, 1.165) is 11.3 Å². The van der Waals surface area contributed by atoms with Crippen molar-refractivity contribution in [3.05, 3.63) is 67.7 Å². The minimum atomic E-state index is -0.463. The molecule has 1 aliphatic rings. The molecule has 0 unspecified atom stereocenters. The van der Waals surface area contributed by atoms with Gasteiger partial charge in [-0.2, -0.15) is 5.10 Å². The van der Waals surface area contributed by atoms with E-state index in [2.05, 4.69) is 15.4 Å². The standard InChI is InChI=1S/C20H20Cl2N4O4S/c21-17-2-1-3-18(22)16(17)12-31-13-20(27)24-23-11-14-10-15(26(28)29)4-5-19(14)25-6-8-30-9-7-25/h1-5,10-11H,6-9,12-13H2,(H,24,27)/b23-11-. The summed E-state index contributed by atoms with van der Waals surface area (Å²) < 4.78 is 5.36. The van der Waals surface area contributed by atoms with Gasteiger partial charge >= 0.3 is 0 Å². The Bertz CT molecular complexity index is 963. The summed E-state index contributed by atoms with van der Waals surface area (Å²) in [6.07, 6.45) is 1.42. The maximum atomic E-state index is 12.1. The predicted octanol–water partition coefficient (Wildman–Crippen LogP) is 4.12. The van der Waals surface area contributed by atoms with Gasteiger partial charge in [0.25, 0.3) is 5.69 Å². The van der Waals surface area contributed by atoms with Crippen molar-refractivity contribution in [2.75, 3.05) is 37.0 Å². The van der Waals surface area contributed by atoms with E-state index in [0.29, 0.717) is 47.7 Å². The number of nitrogens with one attached hydrogen (secondary N) is 1. The summed E-state index contributed by atoms with van der Waals surface area (Å²) in [5.74, 6) is 0.342. The molecule has 0 spiro atoms. The number of carbonyl (C=O) groups is 1. The lowest BCUT2D eigenvalue weighted by atomic mass is 10.1.